The molecule has 1 aromatic rings. The Balaban J connectivity index is 2.26. The van der Waals surface area contributed by atoms with Crippen LogP contribution in [-0.2, 0) is 0 Å². The molecule has 0 radical (unpaired) electrons. The summed E-state index contributed by atoms with van der Waals surface area (Å²) in [5.41, 5.74) is 8.15. The van der Waals surface area contributed by atoms with Crippen LogP contribution >= 0.6 is 11.8 Å². The fraction of sp³-hybridized carbons (Fsp3) is 0.500. The van der Waals surface area contributed by atoms with Crippen molar-refractivity contribution in [3.63, 3.8) is 0 Å². The van der Waals surface area contributed by atoms with Gasteiger partial charge in [0.15, 0.2) is 0 Å². The molecule has 2 rings (SSSR count). The van der Waals surface area contributed by atoms with Crippen molar-refractivity contribution in [1.82, 2.24) is 4.90 Å². The second-order valence-electron chi connectivity index (χ2n) is 5.37. The topological polar surface area (TPSA) is 46.3 Å². The van der Waals surface area contributed by atoms with Gasteiger partial charge in [0, 0.05) is 29.3 Å². The van der Waals surface area contributed by atoms with Gasteiger partial charge in [0.1, 0.15) is 0 Å². The molecule has 98 valence electrons. The number of rotatable bonds is 1. The van der Waals surface area contributed by atoms with Gasteiger partial charge in [-0.25, -0.2) is 0 Å². The number of benzene rings is 1. The number of aryl methyl sites for hydroxylation is 1. The Bertz CT molecular complexity index is 451. The first-order valence-electron chi connectivity index (χ1n) is 6.19. The van der Waals surface area contributed by atoms with Crippen LogP contribution in [0.25, 0.3) is 0 Å². The summed E-state index contributed by atoms with van der Waals surface area (Å²) in [7, 11) is 0. The van der Waals surface area contributed by atoms with Gasteiger partial charge in [0.25, 0.3) is 5.91 Å². The lowest BCUT2D eigenvalue weighted by Gasteiger charge is -2.37. The molecule has 1 aliphatic rings. The standard InChI is InChI=1S/C14H20N2OS/c1-10-5-4-6-11(15)12(10)13(17)16-7-8-18-14(2,3)9-16/h4-6H,7-9,15H2,1-3H3. The van der Waals surface area contributed by atoms with Crippen LogP contribution in [-0.4, -0.2) is 34.4 Å². The molecule has 1 saturated heterocycles. The molecule has 1 fully saturated rings. The third kappa shape index (κ3) is 2.64. The fourth-order valence-corrected chi connectivity index (χ4v) is 3.44. The van der Waals surface area contributed by atoms with E-state index >= 15 is 0 Å². The van der Waals surface area contributed by atoms with Gasteiger partial charge in [-0.15, -0.1) is 0 Å². The van der Waals surface area contributed by atoms with Gasteiger partial charge < -0.3 is 10.6 Å². The Hall–Kier alpha value is -1.16. The third-order valence-electron chi connectivity index (χ3n) is 3.23. The van der Waals surface area contributed by atoms with Crippen molar-refractivity contribution in [3.8, 4) is 0 Å². The van der Waals surface area contributed by atoms with Crippen molar-refractivity contribution in [3.05, 3.63) is 29.3 Å². The smallest absolute Gasteiger partial charge is 0.256 e. The summed E-state index contributed by atoms with van der Waals surface area (Å²) in [6.45, 7) is 7.88. The zero-order chi connectivity index (χ0) is 13.3. The number of amides is 1. The molecule has 3 nitrogen and oxygen atoms in total. The Kier molecular flexibility index (Phi) is 3.57. The maximum absolute atomic E-state index is 12.6. The van der Waals surface area contributed by atoms with E-state index in [9.17, 15) is 4.79 Å². The van der Waals surface area contributed by atoms with Crippen molar-refractivity contribution in [1.29, 1.82) is 0 Å². The van der Waals surface area contributed by atoms with Crippen molar-refractivity contribution in [2.45, 2.75) is 25.5 Å². The van der Waals surface area contributed by atoms with E-state index in [0.29, 0.717) is 11.3 Å². The zero-order valence-corrected chi connectivity index (χ0v) is 12.0. The number of hydrogen-bond acceptors (Lipinski definition) is 3. The fourth-order valence-electron chi connectivity index (χ4n) is 2.33. The van der Waals surface area contributed by atoms with Crippen LogP contribution in [0.5, 0.6) is 0 Å². The van der Waals surface area contributed by atoms with Crippen LogP contribution in [0, 0.1) is 6.92 Å². The van der Waals surface area contributed by atoms with Gasteiger partial charge in [-0.3, -0.25) is 4.79 Å². The van der Waals surface area contributed by atoms with Crippen LogP contribution in [0.1, 0.15) is 29.8 Å². The predicted molar refractivity (Wildman–Crippen MR) is 78.0 cm³/mol. The van der Waals surface area contributed by atoms with Gasteiger partial charge >= 0.3 is 0 Å². The minimum atomic E-state index is 0.0685. The van der Waals surface area contributed by atoms with E-state index in [1.165, 1.54) is 0 Å². The van der Waals surface area contributed by atoms with E-state index < -0.39 is 0 Å². The van der Waals surface area contributed by atoms with Crippen LogP contribution in [0.15, 0.2) is 18.2 Å². The highest BCUT2D eigenvalue weighted by molar-refractivity contribution is 8.00. The third-order valence-corrected chi connectivity index (χ3v) is 4.53. The van der Waals surface area contributed by atoms with E-state index in [2.05, 4.69) is 13.8 Å². The summed E-state index contributed by atoms with van der Waals surface area (Å²) in [6.07, 6.45) is 0. The first kappa shape index (κ1) is 13.3. The van der Waals surface area contributed by atoms with Crippen molar-refractivity contribution in [2.24, 2.45) is 0 Å². The van der Waals surface area contributed by atoms with Crippen LogP contribution < -0.4 is 5.73 Å². The second kappa shape index (κ2) is 4.84. The Morgan fingerprint density at radius 3 is 2.78 bits per heavy atom. The Morgan fingerprint density at radius 1 is 1.44 bits per heavy atom. The molecule has 1 aliphatic heterocycles. The minimum absolute atomic E-state index is 0.0685. The number of hydrogen-bond donors (Lipinski definition) is 1. The highest BCUT2D eigenvalue weighted by Gasteiger charge is 2.31. The molecule has 0 aliphatic carbocycles. The van der Waals surface area contributed by atoms with E-state index in [-0.39, 0.29) is 10.7 Å². The largest absolute Gasteiger partial charge is 0.398 e. The SMILES string of the molecule is Cc1cccc(N)c1C(=O)N1CCSC(C)(C)C1. The number of thioether (sulfide) groups is 1. The molecular weight excluding hydrogens is 244 g/mol. The molecule has 4 heteroatoms. The van der Waals surface area contributed by atoms with E-state index in [1.807, 2.05) is 35.7 Å². The van der Waals surface area contributed by atoms with Crippen molar-refractivity contribution in [2.75, 3.05) is 24.6 Å². The van der Waals surface area contributed by atoms with Gasteiger partial charge in [-0.05, 0) is 32.4 Å². The normalized spacial score (nSPS) is 18.7. The molecular formula is C14H20N2OS. The quantitative estimate of drug-likeness (QED) is 0.793. The van der Waals surface area contributed by atoms with Crippen LogP contribution in [0.2, 0.25) is 0 Å². The molecule has 0 atom stereocenters. The minimum Gasteiger partial charge on any atom is -0.398 e. The first-order valence-corrected chi connectivity index (χ1v) is 7.17. The summed E-state index contributed by atoms with van der Waals surface area (Å²) >= 11 is 1.92. The van der Waals surface area contributed by atoms with Crippen LogP contribution in [0.3, 0.4) is 0 Å². The zero-order valence-electron chi connectivity index (χ0n) is 11.2. The second-order valence-corrected chi connectivity index (χ2v) is 7.18. The number of carbonyl (C=O) groups is 1. The molecule has 0 spiro atoms. The lowest BCUT2D eigenvalue weighted by atomic mass is 10.0. The molecule has 0 aromatic heterocycles. The first-order chi connectivity index (χ1) is 8.41. The lowest BCUT2D eigenvalue weighted by molar-refractivity contribution is 0.0748. The average Bonchev–Trinajstić information content (AvgIpc) is 2.27. The molecule has 0 bridgehead atoms. The Labute approximate surface area is 113 Å². The molecule has 18 heavy (non-hydrogen) atoms. The number of nitrogens with two attached hydrogens (primary N) is 1. The van der Waals surface area contributed by atoms with Crippen molar-refractivity contribution < 1.29 is 4.79 Å². The highest BCUT2D eigenvalue weighted by Crippen LogP contribution is 2.31. The van der Waals surface area contributed by atoms with E-state index in [0.717, 1.165) is 24.4 Å². The summed E-state index contributed by atoms with van der Waals surface area (Å²) in [4.78, 5) is 14.5. The van der Waals surface area contributed by atoms with E-state index in [4.69, 9.17) is 5.73 Å². The summed E-state index contributed by atoms with van der Waals surface area (Å²) < 4.78 is 0.130. The Morgan fingerprint density at radius 2 is 2.17 bits per heavy atom. The predicted octanol–water partition coefficient (Wildman–Crippen LogP) is 2.54. The molecule has 0 saturated carbocycles. The molecule has 2 N–H and O–H groups in total. The number of anilines is 1. The average molecular weight is 264 g/mol. The summed E-state index contributed by atoms with van der Waals surface area (Å²) in [5.74, 6) is 1.06. The highest BCUT2D eigenvalue weighted by atomic mass is 32.2. The lowest BCUT2D eigenvalue weighted by Crippen LogP contribution is -2.46. The monoisotopic (exact) mass is 264 g/mol. The van der Waals surface area contributed by atoms with Gasteiger partial charge in [-0.2, -0.15) is 11.8 Å². The van der Waals surface area contributed by atoms with Crippen molar-refractivity contribution >= 4 is 23.4 Å². The number of nitrogens with zero attached hydrogens (tertiary/aromatic N) is 1. The summed E-state index contributed by atoms with van der Waals surface area (Å²) in [5, 5.41) is 0. The maximum Gasteiger partial charge on any atom is 0.256 e. The number of carbonyl (C=O) groups excluding carboxylic acids is 1. The van der Waals surface area contributed by atoms with Gasteiger partial charge in [0.05, 0.1) is 5.56 Å². The molecule has 0 unspecified atom stereocenters. The van der Waals surface area contributed by atoms with Gasteiger partial charge in [0.2, 0.25) is 0 Å². The molecule has 1 amide bonds. The van der Waals surface area contributed by atoms with Gasteiger partial charge in [-0.1, -0.05) is 12.1 Å². The van der Waals surface area contributed by atoms with Crippen LogP contribution in [0.4, 0.5) is 5.69 Å². The van der Waals surface area contributed by atoms with E-state index in [1.54, 1.807) is 6.07 Å². The number of nitrogen functional groups attached to an aromatic ring is 1. The maximum atomic E-state index is 12.6. The molecule has 1 heterocycles. The summed E-state index contributed by atoms with van der Waals surface area (Å²) in [6, 6.07) is 5.62. The molecule has 1 aromatic carbocycles.